The van der Waals surface area contributed by atoms with Crippen LogP contribution in [0.5, 0.6) is 0 Å². The molecule has 2 heterocycles. The van der Waals surface area contributed by atoms with Crippen molar-refractivity contribution in [3.8, 4) is 5.69 Å². The Morgan fingerprint density at radius 2 is 1.90 bits per heavy atom. The van der Waals surface area contributed by atoms with Gasteiger partial charge >= 0.3 is 6.03 Å². The molecule has 1 N–H and O–H groups in total. The Balaban J connectivity index is 1.69. The number of thioether (sulfide) groups is 1. The second kappa shape index (κ2) is 9.34. The first kappa shape index (κ1) is 21.1. The molecule has 31 heavy (non-hydrogen) atoms. The van der Waals surface area contributed by atoms with E-state index < -0.39 is 0 Å². The van der Waals surface area contributed by atoms with Crippen LogP contribution in [0.3, 0.4) is 0 Å². The number of benzene rings is 2. The summed E-state index contributed by atoms with van der Waals surface area (Å²) in [7, 11) is 0. The lowest BCUT2D eigenvalue weighted by Crippen LogP contribution is -2.35. The third-order valence-electron chi connectivity index (χ3n) is 5.24. The van der Waals surface area contributed by atoms with Gasteiger partial charge in [-0.1, -0.05) is 49.4 Å². The highest BCUT2D eigenvalue weighted by Crippen LogP contribution is 2.22. The Kier molecular flexibility index (Phi) is 6.36. The summed E-state index contributed by atoms with van der Waals surface area (Å²) in [5.41, 5.74) is 2.33. The predicted octanol–water partition coefficient (Wildman–Crippen LogP) is 3.37. The maximum absolute atomic E-state index is 13.3. The molecule has 1 saturated heterocycles. The highest BCUT2D eigenvalue weighted by atomic mass is 32.2. The average Bonchev–Trinajstić information content (AvgIpc) is 3.22. The van der Waals surface area contributed by atoms with E-state index in [1.54, 1.807) is 16.7 Å². The van der Waals surface area contributed by atoms with Crippen molar-refractivity contribution in [1.29, 1.82) is 0 Å². The molecule has 1 fully saturated rings. The number of aromatic nitrogens is 2. The number of imide groups is 1. The second-order valence-electron chi connectivity index (χ2n) is 7.39. The van der Waals surface area contributed by atoms with Gasteiger partial charge in [-0.25, -0.2) is 9.78 Å². The zero-order chi connectivity index (χ0) is 21.8. The van der Waals surface area contributed by atoms with Crippen LogP contribution in [0, 0.1) is 0 Å². The number of hydrogen-bond donors (Lipinski definition) is 1. The molecule has 0 saturated carbocycles. The van der Waals surface area contributed by atoms with Crippen molar-refractivity contribution < 1.29 is 9.59 Å². The van der Waals surface area contributed by atoms with Crippen LogP contribution >= 0.6 is 11.8 Å². The SMILES string of the molecule is CCCCc1ccc(-n2c(SCC(=O)N3CCNC3=O)nc3ccccc3c2=O)cc1. The molecule has 160 valence electrons. The highest BCUT2D eigenvalue weighted by Gasteiger charge is 2.26. The molecule has 4 rings (SSSR count). The van der Waals surface area contributed by atoms with E-state index in [4.69, 9.17) is 0 Å². The summed E-state index contributed by atoms with van der Waals surface area (Å²) < 4.78 is 1.55. The molecule has 0 radical (unpaired) electrons. The molecule has 1 aliphatic rings. The molecule has 0 spiro atoms. The number of nitrogens with one attached hydrogen (secondary N) is 1. The van der Waals surface area contributed by atoms with Crippen molar-refractivity contribution in [3.63, 3.8) is 0 Å². The smallest absolute Gasteiger partial charge is 0.324 e. The number of unbranched alkanes of at least 4 members (excludes halogenated alkanes) is 1. The molecule has 3 amide bonds. The number of nitrogens with zero attached hydrogens (tertiary/aromatic N) is 3. The molecule has 1 aliphatic heterocycles. The molecular formula is C23H24N4O3S. The first-order chi connectivity index (χ1) is 15.1. The van der Waals surface area contributed by atoms with E-state index in [1.165, 1.54) is 22.2 Å². The quantitative estimate of drug-likeness (QED) is 0.453. The number of carbonyl (C=O) groups is 2. The van der Waals surface area contributed by atoms with Crippen molar-refractivity contribution in [2.75, 3.05) is 18.8 Å². The van der Waals surface area contributed by atoms with E-state index in [-0.39, 0.29) is 23.3 Å². The standard InChI is InChI=1S/C23H24N4O3S/c1-2-3-6-16-9-11-17(12-10-16)27-21(29)18-7-4-5-8-19(18)25-23(27)31-15-20(28)26-14-13-24-22(26)30/h4-5,7-12H,2-3,6,13-15H2,1H3,(H,24,30). The minimum atomic E-state index is -0.378. The molecule has 2 aromatic carbocycles. The first-order valence-corrected chi connectivity index (χ1v) is 11.4. The Hall–Kier alpha value is -3.13. The van der Waals surface area contributed by atoms with Gasteiger partial charge in [-0.3, -0.25) is 19.1 Å². The number of aryl methyl sites for hydroxylation is 1. The van der Waals surface area contributed by atoms with Crippen LogP contribution in [-0.4, -0.2) is 45.2 Å². The number of fused-ring (bicyclic) bond motifs is 1. The number of urea groups is 1. The van der Waals surface area contributed by atoms with Gasteiger partial charge in [-0.2, -0.15) is 0 Å². The molecule has 1 aromatic heterocycles. The fourth-order valence-corrected chi connectivity index (χ4v) is 4.43. The van der Waals surface area contributed by atoms with Gasteiger partial charge in [0.2, 0.25) is 5.91 Å². The van der Waals surface area contributed by atoms with E-state index >= 15 is 0 Å². The first-order valence-electron chi connectivity index (χ1n) is 10.4. The lowest BCUT2D eigenvalue weighted by molar-refractivity contribution is -0.124. The van der Waals surface area contributed by atoms with Gasteiger partial charge in [0.1, 0.15) is 0 Å². The molecular weight excluding hydrogens is 412 g/mol. The Morgan fingerprint density at radius 3 is 2.61 bits per heavy atom. The van der Waals surface area contributed by atoms with Crippen LogP contribution in [0.1, 0.15) is 25.3 Å². The summed E-state index contributed by atoms with van der Waals surface area (Å²) in [6, 6.07) is 14.7. The van der Waals surface area contributed by atoms with Crippen LogP contribution < -0.4 is 10.9 Å². The maximum atomic E-state index is 13.3. The summed E-state index contributed by atoms with van der Waals surface area (Å²) in [4.78, 5) is 43.4. The number of carbonyl (C=O) groups excluding carboxylic acids is 2. The van der Waals surface area contributed by atoms with E-state index in [0.29, 0.717) is 34.8 Å². The Morgan fingerprint density at radius 1 is 1.13 bits per heavy atom. The second-order valence-corrected chi connectivity index (χ2v) is 8.33. The van der Waals surface area contributed by atoms with Gasteiger partial charge in [0.25, 0.3) is 5.56 Å². The lowest BCUT2D eigenvalue weighted by atomic mass is 10.1. The summed E-state index contributed by atoms with van der Waals surface area (Å²) in [6.45, 7) is 2.97. The average molecular weight is 437 g/mol. The van der Waals surface area contributed by atoms with Crippen molar-refractivity contribution in [1.82, 2.24) is 19.8 Å². The van der Waals surface area contributed by atoms with Crippen LogP contribution in [-0.2, 0) is 11.2 Å². The molecule has 0 aliphatic carbocycles. The zero-order valence-corrected chi connectivity index (χ0v) is 18.2. The summed E-state index contributed by atoms with van der Waals surface area (Å²) in [5.74, 6) is -0.281. The molecule has 0 bridgehead atoms. The van der Waals surface area contributed by atoms with Crippen molar-refractivity contribution in [2.45, 2.75) is 31.3 Å². The van der Waals surface area contributed by atoms with Crippen LogP contribution in [0.25, 0.3) is 16.6 Å². The van der Waals surface area contributed by atoms with Crippen LogP contribution in [0.2, 0.25) is 0 Å². The van der Waals surface area contributed by atoms with Gasteiger partial charge in [-0.05, 0) is 42.7 Å². The lowest BCUT2D eigenvalue weighted by Gasteiger charge is -2.15. The fourth-order valence-electron chi connectivity index (χ4n) is 3.54. The number of rotatable bonds is 7. The monoisotopic (exact) mass is 436 g/mol. The van der Waals surface area contributed by atoms with Crippen LogP contribution in [0.4, 0.5) is 4.79 Å². The minimum absolute atomic E-state index is 0.0206. The Bertz CT molecular complexity index is 1170. The maximum Gasteiger partial charge on any atom is 0.324 e. The van der Waals surface area contributed by atoms with Gasteiger partial charge in [0.15, 0.2) is 5.16 Å². The molecule has 0 unspecified atom stereocenters. The van der Waals surface area contributed by atoms with E-state index in [0.717, 1.165) is 19.3 Å². The predicted molar refractivity (Wildman–Crippen MR) is 122 cm³/mol. The topological polar surface area (TPSA) is 84.3 Å². The summed E-state index contributed by atoms with van der Waals surface area (Å²) >= 11 is 1.17. The number of hydrogen-bond acceptors (Lipinski definition) is 5. The molecule has 3 aromatic rings. The Labute approximate surface area is 184 Å². The minimum Gasteiger partial charge on any atom is -0.336 e. The fraction of sp³-hybridized carbons (Fsp3) is 0.304. The van der Waals surface area contributed by atoms with Crippen LogP contribution in [0.15, 0.2) is 58.5 Å². The largest absolute Gasteiger partial charge is 0.336 e. The van der Waals surface area contributed by atoms with Crippen molar-refractivity contribution in [3.05, 3.63) is 64.4 Å². The molecule has 8 heteroatoms. The van der Waals surface area contributed by atoms with E-state index in [1.807, 2.05) is 36.4 Å². The summed E-state index contributed by atoms with van der Waals surface area (Å²) in [6.07, 6.45) is 3.24. The van der Waals surface area contributed by atoms with Gasteiger partial charge < -0.3 is 5.32 Å². The van der Waals surface area contributed by atoms with E-state index in [2.05, 4.69) is 17.2 Å². The van der Waals surface area contributed by atoms with Gasteiger partial charge in [0.05, 0.1) is 22.3 Å². The van der Waals surface area contributed by atoms with E-state index in [9.17, 15) is 14.4 Å². The highest BCUT2D eigenvalue weighted by molar-refractivity contribution is 7.99. The van der Waals surface area contributed by atoms with Gasteiger partial charge in [0, 0.05) is 13.1 Å². The molecule has 7 nitrogen and oxygen atoms in total. The van der Waals surface area contributed by atoms with Crippen molar-refractivity contribution >= 4 is 34.6 Å². The third kappa shape index (κ3) is 4.49. The number of amides is 3. The molecule has 0 atom stereocenters. The van der Waals surface area contributed by atoms with Gasteiger partial charge in [-0.15, -0.1) is 0 Å². The zero-order valence-electron chi connectivity index (χ0n) is 17.3. The number of para-hydroxylation sites is 1. The third-order valence-corrected chi connectivity index (χ3v) is 6.16. The van der Waals surface area contributed by atoms with Crippen molar-refractivity contribution in [2.24, 2.45) is 0 Å². The summed E-state index contributed by atoms with van der Waals surface area (Å²) in [5, 5.41) is 3.57. The normalized spacial score (nSPS) is 13.6.